The van der Waals surface area contributed by atoms with E-state index in [1.807, 2.05) is 44.3 Å². The normalized spacial score (nSPS) is 12.2. The molecule has 2 heterocycles. The van der Waals surface area contributed by atoms with Gasteiger partial charge in [-0.2, -0.15) is 0 Å². The first-order valence-corrected chi connectivity index (χ1v) is 23.3. The van der Waals surface area contributed by atoms with E-state index in [0.29, 0.717) is 11.4 Å². The van der Waals surface area contributed by atoms with Gasteiger partial charge in [0.2, 0.25) is 0 Å². The molecule has 5 heteroatoms. The number of hydrogen-bond donors (Lipinski definition) is 1. The van der Waals surface area contributed by atoms with E-state index in [-0.39, 0.29) is 37.6 Å². The number of fused-ring (bicyclic) bond motifs is 1. The molecule has 0 aliphatic rings. The van der Waals surface area contributed by atoms with Crippen LogP contribution in [0.4, 0.5) is 0 Å². The molecular weight excluding hydrogens is 998 g/mol. The van der Waals surface area contributed by atoms with Crippen molar-refractivity contribution in [3.63, 3.8) is 0 Å². The molecule has 4 nitrogen and oxygen atoms in total. The number of hydrogen-bond acceptors (Lipinski definition) is 3. The van der Waals surface area contributed by atoms with Gasteiger partial charge in [0.1, 0.15) is 11.6 Å². The number of aromatic nitrogens is 3. The molecule has 0 saturated carbocycles. The average molecular weight is 1060 g/mol. The zero-order chi connectivity index (χ0) is 47.3. The van der Waals surface area contributed by atoms with Crippen molar-refractivity contribution in [2.24, 2.45) is 0 Å². The van der Waals surface area contributed by atoms with Crippen LogP contribution >= 0.6 is 0 Å². The number of rotatable bonds is 10. The largest absolute Gasteiger partial charge is 0.507 e. The van der Waals surface area contributed by atoms with Crippen LogP contribution in [0.25, 0.3) is 83.9 Å². The van der Waals surface area contributed by atoms with E-state index in [9.17, 15) is 5.11 Å². The zero-order valence-electron chi connectivity index (χ0n) is 41.1. The Labute approximate surface area is 413 Å². The van der Waals surface area contributed by atoms with Crippen molar-refractivity contribution < 1.29 is 27.5 Å². The van der Waals surface area contributed by atoms with Crippen LogP contribution in [-0.4, -0.2) is 19.6 Å². The van der Waals surface area contributed by atoms with Gasteiger partial charge in [-0.25, -0.2) is 4.98 Å². The fourth-order valence-electron chi connectivity index (χ4n) is 9.03. The molecule has 2 aromatic heterocycles. The van der Waals surface area contributed by atoms with E-state index >= 15 is 0 Å². The molecule has 340 valence electrons. The fourth-order valence-corrected chi connectivity index (χ4v) is 9.03. The first-order valence-electron chi connectivity index (χ1n) is 23.8. The van der Waals surface area contributed by atoms with Gasteiger partial charge >= 0.3 is 0 Å². The quantitative estimate of drug-likeness (QED) is 0.139. The predicted octanol–water partition coefficient (Wildman–Crippen LogP) is 16.6. The average Bonchev–Trinajstić information content (AvgIpc) is 3.70. The Bertz CT molecular complexity index is 3240. The Kier molecular flexibility index (Phi) is 13.1. The van der Waals surface area contributed by atoms with Crippen LogP contribution in [0, 0.1) is 6.07 Å². The summed E-state index contributed by atoms with van der Waals surface area (Å²) in [6.45, 7) is 19.2. The van der Waals surface area contributed by atoms with Gasteiger partial charge in [-0.1, -0.05) is 201 Å². The molecule has 0 radical (unpaired) electrons. The van der Waals surface area contributed by atoms with E-state index in [2.05, 4.69) is 193 Å². The standard InChI is InChI=1S/C62H60N3O.Pt/c1-10-18-41-25-30-56(52(33-41)45-21-15-12-16-22-45)65-57-24-17-23-51(58(57)64-60(65)53-38-50(61(4,5)6)39-54(59(53)66)62(7,8)9)48-34-47(43-19-13-11-14-20-43)35-49(36-48)55-37-46(31-32-63-55)44-28-26-42(27-29-44)40(2)3;/h11-17,19-35,37-40,66H,10,18H2,1-9H3;/q-1;/i40D;. The summed E-state index contributed by atoms with van der Waals surface area (Å²) in [7, 11) is 0. The molecule has 1 N–H and O–H groups in total. The number of imidazole rings is 1. The Balaban J connectivity index is 0.00000625. The summed E-state index contributed by atoms with van der Waals surface area (Å²) >= 11 is 0. The van der Waals surface area contributed by atoms with Gasteiger partial charge in [-0.05, 0) is 92.4 Å². The van der Waals surface area contributed by atoms with E-state index in [0.717, 1.165) is 102 Å². The van der Waals surface area contributed by atoms with Crippen molar-refractivity contribution >= 4 is 11.0 Å². The number of pyridine rings is 1. The summed E-state index contributed by atoms with van der Waals surface area (Å²) in [4.78, 5) is 10.6. The molecule has 0 saturated heterocycles. The molecule has 0 aliphatic heterocycles. The molecule has 67 heavy (non-hydrogen) atoms. The van der Waals surface area contributed by atoms with E-state index in [4.69, 9.17) is 11.3 Å². The second kappa shape index (κ2) is 19.1. The second-order valence-corrected chi connectivity index (χ2v) is 19.9. The number of phenols is 1. The summed E-state index contributed by atoms with van der Waals surface area (Å²) in [6, 6.07) is 59.3. The van der Waals surface area contributed by atoms with Crippen LogP contribution in [0.3, 0.4) is 0 Å². The number of phenolic OH excluding ortho intramolecular Hbond substituents is 1. The van der Waals surface area contributed by atoms with Gasteiger partial charge in [0.05, 0.1) is 22.3 Å². The number of aryl methyl sites for hydroxylation is 1. The van der Waals surface area contributed by atoms with Crippen LogP contribution < -0.4 is 0 Å². The Hall–Kier alpha value is -6.35. The Morgan fingerprint density at radius 2 is 1.30 bits per heavy atom. The topological polar surface area (TPSA) is 50.9 Å². The maximum absolute atomic E-state index is 12.6. The van der Waals surface area contributed by atoms with Gasteiger partial charge in [0.25, 0.3) is 0 Å². The molecule has 0 amide bonds. The molecule has 0 atom stereocenters. The summed E-state index contributed by atoms with van der Waals surface area (Å²) in [5.41, 5.74) is 17.0. The first kappa shape index (κ1) is 45.8. The van der Waals surface area contributed by atoms with Crippen LogP contribution in [0.2, 0.25) is 0 Å². The van der Waals surface area contributed by atoms with Crippen molar-refractivity contribution in [1.29, 1.82) is 0 Å². The number of aromatic hydroxyl groups is 1. The first-order chi connectivity index (χ1) is 32.0. The monoisotopic (exact) mass is 1060 g/mol. The minimum atomic E-state index is -0.680. The number of benzene rings is 7. The second-order valence-electron chi connectivity index (χ2n) is 19.9. The molecule has 0 bridgehead atoms. The molecule has 0 aliphatic carbocycles. The van der Waals surface area contributed by atoms with Gasteiger partial charge in [-0.15, -0.1) is 23.8 Å². The number of nitrogens with zero attached hydrogens (tertiary/aromatic N) is 3. The Morgan fingerprint density at radius 3 is 1.96 bits per heavy atom. The van der Waals surface area contributed by atoms with Gasteiger partial charge < -0.3 is 5.11 Å². The molecular formula is C62H60N3OPt-. The summed E-state index contributed by atoms with van der Waals surface area (Å²) in [6.07, 6.45) is 3.87. The van der Waals surface area contributed by atoms with Crippen molar-refractivity contribution in [3.8, 4) is 78.6 Å². The summed E-state index contributed by atoms with van der Waals surface area (Å²) in [5.74, 6) is 0.234. The minimum Gasteiger partial charge on any atom is -0.507 e. The van der Waals surface area contributed by atoms with Gasteiger partial charge in [0.15, 0.2) is 0 Å². The molecule has 0 unspecified atom stereocenters. The zero-order valence-corrected chi connectivity index (χ0v) is 42.4. The van der Waals surface area contributed by atoms with Gasteiger partial charge in [0, 0.05) is 45.5 Å². The smallest absolute Gasteiger partial charge is 0.148 e. The van der Waals surface area contributed by atoms with Crippen molar-refractivity contribution in [2.75, 3.05) is 0 Å². The third-order valence-corrected chi connectivity index (χ3v) is 12.7. The fraction of sp³-hybridized carbons (Fsp3) is 0.226. The van der Waals surface area contributed by atoms with Crippen molar-refractivity contribution in [2.45, 2.75) is 91.9 Å². The van der Waals surface area contributed by atoms with Gasteiger partial charge in [-0.3, -0.25) is 9.55 Å². The predicted molar refractivity (Wildman–Crippen MR) is 277 cm³/mol. The van der Waals surface area contributed by atoms with Crippen molar-refractivity contribution in [3.05, 3.63) is 192 Å². The SMILES string of the molecule is [2H]C(C)(C)c1ccc(-c2ccnc(-c3[c-]c(-c4cccc5c4nc(-c4cc(C(C)(C)C)cc(C(C)(C)C)c4O)n5-c4ccc(CCC)cc4-c4ccccc4)cc(-c4ccccc4)c3)c2)cc1.[Pt]. The van der Waals surface area contributed by atoms with Crippen LogP contribution in [0.15, 0.2) is 164 Å². The molecule has 0 spiro atoms. The third-order valence-electron chi connectivity index (χ3n) is 12.7. The van der Waals surface area contributed by atoms with Crippen LogP contribution in [-0.2, 0) is 38.3 Å². The molecule has 9 aromatic rings. The maximum Gasteiger partial charge on any atom is 0.148 e. The summed E-state index contributed by atoms with van der Waals surface area (Å²) in [5, 5.41) is 12.6. The number of para-hydroxylation sites is 1. The van der Waals surface area contributed by atoms with E-state index in [1.165, 1.54) is 5.56 Å². The van der Waals surface area contributed by atoms with Crippen LogP contribution in [0.1, 0.15) is 98.3 Å². The Morgan fingerprint density at radius 1 is 0.627 bits per heavy atom. The maximum atomic E-state index is 12.6. The van der Waals surface area contributed by atoms with E-state index < -0.39 is 5.89 Å². The molecule has 9 rings (SSSR count). The third kappa shape index (κ3) is 9.61. The van der Waals surface area contributed by atoms with E-state index in [1.54, 1.807) is 0 Å². The van der Waals surface area contributed by atoms with Crippen LogP contribution in [0.5, 0.6) is 5.75 Å². The molecule has 7 aromatic carbocycles. The summed E-state index contributed by atoms with van der Waals surface area (Å²) < 4.78 is 10.8. The van der Waals surface area contributed by atoms with Crippen molar-refractivity contribution in [1.82, 2.24) is 14.5 Å². The molecule has 0 fully saturated rings. The minimum absolute atomic E-state index is 0.